The summed E-state index contributed by atoms with van der Waals surface area (Å²) in [5.41, 5.74) is 0.960. The number of carbonyl (C=O) groups is 1. The highest BCUT2D eigenvalue weighted by molar-refractivity contribution is 5.93. The van der Waals surface area contributed by atoms with Gasteiger partial charge in [0, 0.05) is 0 Å². The van der Waals surface area contributed by atoms with Crippen molar-refractivity contribution in [3.63, 3.8) is 0 Å². The highest BCUT2D eigenvalue weighted by Crippen LogP contribution is 2.18. The number of rotatable bonds is 2. The maximum atomic E-state index is 11.2. The summed E-state index contributed by atoms with van der Waals surface area (Å²) in [6, 6.07) is 4.45. The molecule has 0 amide bonds. The van der Waals surface area contributed by atoms with Gasteiger partial charge in [0.1, 0.15) is 5.75 Å². The zero-order chi connectivity index (χ0) is 9.84. The minimum Gasteiger partial charge on any atom is -0.508 e. The van der Waals surface area contributed by atoms with Crippen LogP contribution in [-0.2, 0) is 4.74 Å². The standard InChI is InChI=1S/C10H10O3/c1-3-7-4-5-8(11)6-9(7)10(12)13-2/h3-6,11H,1H2,2H3. The van der Waals surface area contributed by atoms with Gasteiger partial charge in [-0.25, -0.2) is 4.79 Å². The van der Waals surface area contributed by atoms with Crippen molar-refractivity contribution in [2.45, 2.75) is 0 Å². The van der Waals surface area contributed by atoms with E-state index in [4.69, 9.17) is 5.11 Å². The van der Waals surface area contributed by atoms with Crippen LogP contribution >= 0.6 is 0 Å². The van der Waals surface area contributed by atoms with Crippen molar-refractivity contribution in [3.8, 4) is 5.75 Å². The number of esters is 1. The van der Waals surface area contributed by atoms with Crippen molar-refractivity contribution < 1.29 is 14.6 Å². The number of hydrogen-bond donors (Lipinski definition) is 1. The second-order valence-electron chi connectivity index (χ2n) is 2.47. The lowest BCUT2D eigenvalue weighted by molar-refractivity contribution is 0.0600. The SMILES string of the molecule is C=Cc1ccc(O)cc1C(=O)OC. The maximum absolute atomic E-state index is 11.2. The fourth-order valence-electron chi connectivity index (χ4n) is 1.01. The Morgan fingerprint density at radius 3 is 2.85 bits per heavy atom. The molecule has 0 aromatic heterocycles. The Balaban J connectivity index is 3.23. The van der Waals surface area contributed by atoms with E-state index in [-0.39, 0.29) is 5.75 Å². The maximum Gasteiger partial charge on any atom is 0.338 e. The van der Waals surface area contributed by atoms with Crippen LogP contribution in [0.5, 0.6) is 5.75 Å². The smallest absolute Gasteiger partial charge is 0.338 e. The molecule has 1 aromatic carbocycles. The van der Waals surface area contributed by atoms with Crippen LogP contribution in [0.1, 0.15) is 15.9 Å². The quantitative estimate of drug-likeness (QED) is 0.702. The van der Waals surface area contributed by atoms with Gasteiger partial charge in [-0.3, -0.25) is 0 Å². The van der Waals surface area contributed by atoms with Crippen molar-refractivity contribution in [2.24, 2.45) is 0 Å². The van der Waals surface area contributed by atoms with Crippen LogP contribution in [0.2, 0.25) is 0 Å². The molecule has 68 valence electrons. The summed E-state index contributed by atoms with van der Waals surface area (Å²) in [7, 11) is 1.29. The third kappa shape index (κ3) is 1.87. The molecule has 0 saturated heterocycles. The molecule has 0 bridgehead atoms. The number of aromatic hydroxyl groups is 1. The average molecular weight is 178 g/mol. The van der Waals surface area contributed by atoms with Crippen molar-refractivity contribution >= 4 is 12.0 Å². The lowest BCUT2D eigenvalue weighted by Crippen LogP contribution is -2.03. The molecule has 0 saturated carbocycles. The average Bonchev–Trinajstić information content (AvgIpc) is 2.16. The summed E-state index contributed by atoms with van der Waals surface area (Å²) < 4.78 is 4.54. The normalized spacial score (nSPS) is 9.31. The molecule has 0 aliphatic carbocycles. The van der Waals surface area contributed by atoms with E-state index in [1.54, 1.807) is 6.07 Å². The largest absolute Gasteiger partial charge is 0.508 e. The number of hydrogen-bond acceptors (Lipinski definition) is 3. The predicted octanol–water partition coefficient (Wildman–Crippen LogP) is 1.82. The Kier molecular flexibility index (Phi) is 2.69. The Bertz CT molecular complexity index is 342. The summed E-state index contributed by atoms with van der Waals surface area (Å²) in [5.74, 6) is -0.447. The van der Waals surface area contributed by atoms with Gasteiger partial charge in [0.25, 0.3) is 0 Å². The first-order chi connectivity index (χ1) is 6.19. The molecule has 0 unspecified atom stereocenters. The predicted molar refractivity (Wildman–Crippen MR) is 49.5 cm³/mol. The molecule has 0 atom stereocenters. The summed E-state index contributed by atoms with van der Waals surface area (Å²) >= 11 is 0. The second kappa shape index (κ2) is 3.76. The van der Waals surface area contributed by atoms with Crippen LogP contribution < -0.4 is 0 Å². The molecule has 1 aromatic rings. The topological polar surface area (TPSA) is 46.5 Å². The molecule has 0 aliphatic rings. The Hall–Kier alpha value is -1.77. The van der Waals surface area contributed by atoms with Crippen LogP contribution in [0.3, 0.4) is 0 Å². The molecule has 0 fully saturated rings. The first-order valence-electron chi connectivity index (χ1n) is 3.73. The Morgan fingerprint density at radius 2 is 2.31 bits per heavy atom. The summed E-state index contributed by atoms with van der Waals surface area (Å²) in [6.07, 6.45) is 1.53. The van der Waals surface area contributed by atoms with Gasteiger partial charge in [-0.15, -0.1) is 0 Å². The molecule has 1 N–H and O–H groups in total. The van der Waals surface area contributed by atoms with E-state index in [0.29, 0.717) is 11.1 Å². The van der Waals surface area contributed by atoms with E-state index in [9.17, 15) is 4.79 Å². The van der Waals surface area contributed by atoms with Crippen LogP contribution in [0.15, 0.2) is 24.8 Å². The molecule has 0 spiro atoms. The molecule has 1 rings (SSSR count). The fourth-order valence-corrected chi connectivity index (χ4v) is 1.01. The molecule has 0 aliphatic heterocycles. The van der Waals surface area contributed by atoms with Crippen molar-refractivity contribution in [2.75, 3.05) is 7.11 Å². The molecule has 13 heavy (non-hydrogen) atoms. The van der Waals surface area contributed by atoms with Gasteiger partial charge in [0.2, 0.25) is 0 Å². The molecular formula is C10H10O3. The first-order valence-corrected chi connectivity index (χ1v) is 3.73. The molecule has 0 radical (unpaired) electrons. The number of carbonyl (C=O) groups excluding carboxylic acids is 1. The van der Waals surface area contributed by atoms with E-state index in [0.717, 1.165) is 0 Å². The van der Waals surface area contributed by atoms with E-state index < -0.39 is 5.97 Å². The number of benzene rings is 1. The second-order valence-corrected chi connectivity index (χ2v) is 2.47. The van der Waals surface area contributed by atoms with Gasteiger partial charge in [0.15, 0.2) is 0 Å². The minimum absolute atomic E-state index is 0.0333. The van der Waals surface area contributed by atoms with E-state index in [1.165, 1.54) is 25.3 Å². The summed E-state index contributed by atoms with van der Waals surface area (Å²) in [6.45, 7) is 3.55. The van der Waals surface area contributed by atoms with E-state index in [2.05, 4.69) is 11.3 Å². The monoisotopic (exact) mass is 178 g/mol. The van der Waals surface area contributed by atoms with E-state index >= 15 is 0 Å². The van der Waals surface area contributed by atoms with Crippen LogP contribution in [0.4, 0.5) is 0 Å². The van der Waals surface area contributed by atoms with Crippen molar-refractivity contribution in [1.29, 1.82) is 0 Å². The minimum atomic E-state index is -0.481. The van der Waals surface area contributed by atoms with Gasteiger partial charge in [0.05, 0.1) is 12.7 Å². The van der Waals surface area contributed by atoms with Gasteiger partial charge >= 0.3 is 5.97 Å². The number of ether oxygens (including phenoxy) is 1. The van der Waals surface area contributed by atoms with E-state index in [1.807, 2.05) is 0 Å². The third-order valence-electron chi connectivity index (χ3n) is 1.66. The molecular weight excluding hydrogens is 168 g/mol. The van der Waals surface area contributed by atoms with Crippen LogP contribution in [0.25, 0.3) is 6.08 Å². The van der Waals surface area contributed by atoms with Gasteiger partial charge in [-0.2, -0.15) is 0 Å². The molecule has 3 nitrogen and oxygen atoms in total. The van der Waals surface area contributed by atoms with Crippen molar-refractivity contribution in [3.05, 3.63) is 35.9 Å². The fraction of sp³-hybridized carbons (Fsp3) is 0.100. The highest BCUT2D eigenvalue weighted by atomic mass is 16.5. The number of phenolic OH excluding ortho intramolecular Hbond substituents is 1. The van der Waals surface area contributed by atoms with Gasteiger partial charge < -0.3 is 9.84 Å². The third-order valence-corrected chi connectivity index (χ3v) is 1.66. The number of phenols is 1. The lowest BCUT2D eigenvalue weighted by atomic mass is 10.1. The summed E-state index contributed by atoms with van der Waals surface area (Å²) in [4.78, 5) is 11.2. The van der Waals surface area contributed by atoms with Gasteiger partial charge in [-0.1, -0.05) is 18.7 Å². The van der Waals surface area contributed by atoms with Crippen LogP contribution in [-0.4, -0.2) is 18.2 Å². The van der Waals surface area contributed by atoms with Gasteiger partial charge in [-0.05, 0) is 17.7 Å². The molecule has 3 heteroatoms. The first kappa shape index (κ1) is 9.32. The molecule has 0 heterocycles. The van der Waals surface area contributed by atoms with Crippen molar-refractivity contribution in [1.82, 2.24) is 0 Å². The number of methoxy groups -OCH3 is 1. The Labute approximate surface area is 76.3 Å². The zero-order valence-corrected chi connectivity index (χ0v) is 7.28. The Morgan fingerprint density at radius 1 is 1.62 bits per heavy atom. The van der Waals surface area contributed by atoms with Crippen LogP contribution in [0, 0.1) is 0 Å². The highest BCUT2D eigenvalue weighted by Gasteiger charge is 2.09. The lowest BCUT2D eigenvalue weighted by Gasteiger charge is -2.03. The summed E-state index contributed by atoms with van der Waals surface area (Å²) in [5, 5.41) is 9.14. The zero-order valence-electron chi connectivity index (χ0n) is 7.28.